The number of rotatable bonds is 7. The van der Waals surface area contributed by atoms with Crippen LogP contribution in [0.15, 0.2) is 58.3 Å². The van der Waals surface area contributed by atoms with Crippen LogP contribution in [0.3, 0.4) is 0 Å². The number of carbonyl (C=O) groups is 4. The standard InChI is InChI=1S/C21H20N2O8/c1-3-29-20(26)16-14(22-21(27)23-17(16)15-9-6-10-30-15)11-31-19(25)13-8-5-4-7-12(13)18(24)28-2/h4-10,17H,3,11H2,1-2H3,(H2,22,23,27). The number of furan rings is 1. The summed E-state index contributed by atoms with van der Waals surface area (Å²) in [5.74, 6) is -1.94. The van der Waals surface area contributed by atoms with Gasteiger partial charge in [-0.05, 0) is 31.2 Å². The van der Waals surface area contributed by atoms with Gasteiger partial charge in [0.05, 0.1) is 42.4 Å². The van der Waals surface area contributed by atoms with Crippen LogP contribution in [0.4, 0.5) is 4.79 Å². The number of nitrogens with one attached hydrogen (secondary N) is 2. The van der Waals surface area contributed by atoms with E-state index in [1.165, 1.54) is 25.5 Å². The van der Waals surface area contributed by atoms with Crippen molar-refractivity contribution in [2.45, 2.75) is 13.0 Å². The normalized spacial score (nSPS) is 15.5. The van der Waals surface area contributed by atoms with E-state index in [4.69, 9.17) is 13.9 Å². The second-order valence-electron chi connectivity index (χ2n) is 6.27. The van der Waals surface area contributed by atoms with Gasteiger partial charge in [-0.2, -0.15) is 0 Å². The Morgan fingerprint density at radius 1 is 1.00 bits per heavy atom. The topological polar surface area (TPSA) is 133 Å². The number of urea groups is 1. The van der Waals surface area contributed by atoms with E-state index in [1.54, 1.807) is 31.2 Å². The number of benzene rings is 1. The van der Waals surface area contributed by atoms with E-state index in [0.29, 0.717) is 5.76 Å². The first-order valence-corrected chi connectivity index (χ1v) is 9.31. The fraction of sp³-hybridized carbons (Fsp3) is 0.238. The molecule has 1 unspecified atom stereocenters. The van der Waals surface area contributed by atoms with Crippen molar-refractivity contribution in [1.82, 2.24) is 10.6 Å². The molecule has 0 saturated carbocycles. The van der Waals surface area contributed by atoms with E-state index >= 15 is 0 Å². The highest BCUT2D eigenvalue weighted by Gasteiger charge is 2.36. The Hall–Kier alpha value is -4.08. The number of carbonyl (C=O) groups excluding carboxylic acids is 4. The molecular weight excluding hydrogens is 408 g/mol. The zero-order chi connectivity index (χ0) is 22.4. The Labute approximate surface area is 177 Å². The summed E-state index contributed by atoms with van der Waals surface area (Å²) in [6.45, 7) is 1.28. The van der Waals surface area contributed by atoms with Gasteiger partial charge in [-0.1, -0.05) is 12.1 Å². The van der Waals surface area contributed by atoms with Gasteiger partial charge in [-0.3, -0.25) is 0 Å². The van der Waals surface area contributed by atoms with Crippen LogP contribution in [0.5, 0.6) is 0 Å². The van der Waals surface area contributed by atoms with Crippen LogP contribution in [0.1, 0.15) is 39.4 Å². The third-order valence-corrected chi connectivity index (χ3v) is 4.38. The first-order chi connectivity index (χ1) is 15.0. The highest BCUT2D eigenvalue weighted by Crippen LogP contribution is 2.28. The molecule has 3 rings (SSSR count). The zero-order valence-electron chi connectivity index (χ0n) is 16.8. The largest absolute Gasteiger partial charge is 0.467 e. The van der Waals surface area contributed by atoms with Crippen molar-refractivity contribution in [3.05, 3.63) is 70.8 Å². The molecule has 0 aliphatic carbocycles. The summed E-state index contributed by atoms with van der Waals surface area (Å²) in [5.41, 5.74) is 0.0748. The summed E-state index contributed by atoms with van der Waals surface area (Å²) in [6.07, 6.45) is 1.40. The third kappa shape index (κ3) is 4.74. The fourth-order valence-electron chi connectivity index (χ4n) is 3.02. The number of hydrogen-bond donors (Lipinski definition) is 2. The number of esters is 3. The van der Waals surface area contributed by atoms with Gasteiger partial charge in [-0.25, -0.2) is 19.2 Å². The molecule has 1 aromatic carbocycles. The minimum absolute atomic E-state index is 0.0181. The average molecular weight is 428 g/mol. The van der Waals surface area contributed by atoms with E-state index in [-0.39, 0.29) is 29.0 Å². The fourth-order valence-corrected chi connectivity index (χ4v) is 3.02. The molecule has 0 saturated heterocycles. The van der Waals surface area contributed by atoms with Crippen molar-refractivity contribution in [3.63, 3.8) is 0 Å². The summed E-state index contributed by atoms with van der Waals surface area (Å²) in [6, 6.07) is 7.61. The molecule has 2 heterocycles. The van der Waals surface area contributed by atoms with Crippen LogP contribution in [0.2, 0.25) is 0 Å². The molecule has 1 atom stereocenters. The quantitative estimate of drug-likeness (QED) is 0.506. The minimum Gasteiger partial charge on any atom is -0.467 e. The van der Waals surface area contributed by atoms with Crippen LogP contribution in [0.25, 0.3) is 0 Å². The number of amides is 2. The Balaban J connectivity index is 1.90. The van der Waals surface area contributed by atoms with Crippen LogP contribution in [-0.4, -0.2) is 44.3 Å². The SMILES string of the molecule is CCOC(=O)C1=C(COC(=O)c2ccccc2C(=O)OC)NC(=O)NC1c1ccco1. The number of hydrogen-bond acceptors (Lipinski definition) is 8. The molecule has 2 N–H and O–H groups in total. The Kier molecular flexibility index (Phi) is 6.71. The lowest BCUT2D eigenvalue weighted by atomic mass is 10.0. The Bertz CT molecular complexity index is 1030. The molecule has 1 aromatic heterocycles. The minimum atomic E-state index is -0.932. The monoisotopic (exact) mass is 428 g/mol. The first-order valence-electron chi connectivity index (χ1n) is 9.31. The first kappa shape index (κ1) is 21.6. The van der Waals surface area contributed by atoms with Crippen LogP contribution < -0.4 is 10.6 Å². The molecule has 162 valence electrons. The highest BCUT2D eigenvalue weighted by molar-refractivity contribution is 6.03. The van der Waals surface area contributed by atoms with Crippen molar-refractivity contribution < 1.29 is 37.8 Å². The van der Waals surface area contributed by atoms with E-state index in [2.05, 4.69) is 15.4 Å². The molecule has 10 nitrogen and oxygen atoms in total. The molecule has 31 heavy (non-hydrogen) atoms. The van der Waals surface area contributed by atoms with Crippen molar-refractivity contribution in [2.24, 2.45) is 0 Å². The summed E-state index contributed by atoms with van der Waals surface area (Å²) in [7, 11) is 1.19. The lowest BCUT2D eigenvalue weighted by molar-refractivity contribution is -0.139. The van der Waals surface area contributed by atoms with Gasteiger partial charge < -0.3 is 29.3 Å². The Morgan fingerprint density at radius 3 is 2.32 bits per heavy atom. The average Bonchev–Trinajstić information content (AvgIpc) is 3.31. The van der Waals surface area contributed by atoms with Gasteiger partial charge >= 0.3 is 23.9 Å². The number of ether oxygens (including phenoxy) is 3. The van der Waals surface area contributed by atoms with Crippen molar-refractivity contribution in [2.75, 3.05) is 20.3 Å². The van der Waals surface area contributed by atoms with Crippen LogP contribution >= 0.6 is 0 Å². The maximum Gasteiger partial charge on any atom is 0.339 e. The molecule has 1 aliphatic heterocycles. The molecular formula is C21H20N2O8. The predicted molar refractivity (Wildman–Crippen MR) is 105 cm³/mol. The van der Waals surface area contributed by atoms with E-state index in [0.717, 1.165) is 0 Å². The van der Waals surface area contributed by atoms with Gasteiger partial charge in [0.2, 0.25) is 0 Å². The summed E-state index contributed by atoms with van der Waals surface area (Å²) in [4.78, 5) is 49.3. The molecule has 10 heteroatoms. The molecule has 0 radical (unpaired) electrons. The third-order valence-electron chi connectivity index (χ3n) is 4.38. The van der Waals surface area contributed by atoms with Crippen molar-refractivity contribution >= 4 is 23.9 Å². The second-order valence-corrected chi connectivity index (χ2v) is 6.27. The van der Waals surface area contributed by atoms with Crippen molar-refractivity contribution in [1.29, 1.82) is 0 Å². The van der Waals surface area contributed by atoms with E-state index < -0.39 is 36.6 Å². The Morgan fingerprint density at radius 2 is 1.71 bits per heavy atom. The highest BCUT2D eigenvalue weighted by atomic mass is 16.5. The van der Waals surface area contributed by atoms with E-state index in [1.807, 2.05) is 0 Å². The van der Waals surface area contributed by atoms with Gasteiger partial charge in [0.1, 0.15) is 18.4 Å². The summed E-state index contributed by atoms with van der Waals surface area (Å²) >= 11 is 0. The number of methoxy groups -OCH3 is 1. The smallest absolute Gasteiger partial charge is 0.339 e. The second kappa shape index (κ2) is 9.61. The van der Waals surface area contributed by atoms with Gasteiger partial charge in [0.25, 0.3) is 0 Å². The molecule has 1 aliphatic rings. The zero-order valence-corrected chi connectivity index (χ0v) is 16.8. The summed E-state index contributed by atoms with van der Waals surface area (Å²) < 4.78 is 20.4. The molecule has 0 bridgehead atoms. The molecule has 2 amide bonds. The molecule has 0 fully saturated rings. The van der Waals surface area contributed by atoms with Crippen LogP contribution in [0, 0.1) is 0 Å². The lowest BCUT2D eigenvalue weighted by Gasteiger charge is -2.27. The maximum absolute atomic E-state index is 12.6. The lowest BCUT2D eigenvalue weighted by Crippen LogP contribution is -2.47. The van der Waals surface area contributed by atoms with Crippen molar-refractivity contribution in [3.8, 4) is 0 Å². The molecule has 0 spiro atoms. The van der Waals surface area contributed by atoms with Gasteiger partial charge in [0, 0.05) is 0 Å². The van der Waals surface area contributed by atoms with E-state index in [9.17, 15) is 19.2 Å². The van der Waals surface area contributed by atoms with Gasteiger partial charge in [0.15, 0.2) is 0 Å². The van der Waals surface area contributed by atoms with Gasteiger partial charge in [-0.15, -0.1) is 0 Å². The maximum atomic E-state index is 12.6. The molecule has 2 aromatic rings. The predicted octanol–water partition coefficient (Wildman–Crippen LogP) is 2.09. The summed E-state index contributed by atoms with van der Waals surface area (Å²) in [5, 5.41) is 5.06. The van der Waals surface area contributed by atoms with Crippen LogP contribution in [-0.2, 0) is 19.0 Å².